The Balaban J connectivity index is 1.99. The molecule has 2 nitrogen and oxygen atoms in total. The standard InChI is InChI=1S/C13H6ClF3N2S/c14-6-1-2-10-12(3-6)20-13(18-10)19-11-5-8(16)7(15)4-9(11)17/h1-5H,(H,18,19). The Bertz CT molecular complexity index is 804. The van der Waals surface area contributed by atoms with E-state index >= 15 is 0 Å². The van der Waals surface area contributed by atoms with Gasteiger partial charge in [-0.3, -0.25) is 0 Å². The number of thiazole rings is 1. The molecule has 3 aromatic rings. The monoisotopic (exact) mass is 314 g/mol. The number of nitrogens with one attached hydrogen (secondary N) is 1. The first-order valence-electron chi connectivity index (χ1n) is 5.50. The summed E-state index contributed by atoms with van der Waals surface area (Å²) in [5.74, 6) is -3.25. The first kappa shape index (κ1) is 13.2. The van der Waals surface area contributed by atoms with Gasteiger partial charge in [-0.1, -0.05) is 22.9 Å². The summed E-state index contributed by atoms with van der Waals surface area (Å²) in [6, 6.07) is 6.37. The van der Waals surface area contributed by atoms with E-state index in [2.05, 4.69) is 10.3 Å². The normalized spacial score (nSPS) is 11.0. The largest absolute Gasteiger partial charge is 0.329 e. The summed E-state index contributed by atoms with van der Waals surface area (Å²) in [5.41, 5.74) is 0.513. The zero-order valence-electron chi connectivity index (χ0n) is 9.75. The molecule has 0 unspecified atom stereocenters. The second kappa shape index (κ2) is 4.96. The maximum atomic E-state index is 13.5. The van der Waals surface area contributed by atoms with Gasteiger partial charge in [-0.05, 0) is 18.2 Å². The quantitative estimate of drug-likeness (QED) is 0.665. The van der Waals surface area contributed by atoms with E-state index in [4.69, 9.17) is 11.6 Å². The summed E-state index contributed by atoms with van der Waals surface area (Å²) < 4.78 is 40.3. The molecule has 0 radical (unpaired) electrons. The second-order valence-corrected chi connectivity index (χ2v) is 5.47. The highest BCUT2D eigenvalue weighted by atomic mass is 35.5. The molecule has 0 aliphatic rings. The number of rotatable bonds is 2. The van der Waals surface area contributed by atoms with Gasteiger partial charge in [0.2, 0.25) is 0 Å². The number of benzene rings is 2. The third kappa shape index (κ3) is 2.44. The van der Waals surface area contributed by atoms with Crippen molar-refractivity contribution in [3.05, 3.63) is 52.8 Å². The summed E-state index contributed by atoms with van der Waals surface area (Å²) in [6.07, 6.45) is 0. The van der Waals surface area contributed by atoms with Gasteiger partial charge < -0.3 is 5.32 Å². The van der Waals surface area contributed by atoms with E-state index in [9.17, 15) is 13.2 Å². The predicted molar refractivity (Wildman–Crippen MR) is 74.2 cm³/mol. The first-order chi connectivity index (χ1) is 9.52. The molecule has 1 aromatic heterocycles. The first-order valence-corrected chi connectivity index (χ1v) is 6.70. The van der Waals surface area contributed by atoms with Crippen LogP contribution in [0.3, 0.4) is 0 Å². The SMILES string of the molecule is Fc1cc(F)c(Nc2nc3ccc(Cl)cc3s2)cc1F. The number of hydrogen-bond donors (Lipinski definition) is 1. The highest BCUT2D eigenvalue weighted by Crippen LogP contribution is 2.31. The van der Waals surface area contributed by atoms with Crippen LogP contribution < -0.4 is 5.32 Å². The minimum absolute atomic E-state index is 0.172. The Morgan fingerprint density at radius 1 is 1.00 bits per heavy atom. The third-order valence-corrected chi connectivity index (χ3v) is 3.77. The summed E-state index contributed by atoms with van der Waals surface area (Å²) in [4.78, 5) is 4.21. The second-order valence-electron chi connectivity index (χ2n) is 4.00. The van der Waals surface area contributed by atoms with Crippen molar-refractivity contribution < 1.29 is 13.2 Å². The van der Waals surface area contributed by atoms with Gasteiger partial charge in [0.15, 0.2) is 16.8 Å². The number of fused-ring (bicyclic) bond motifs is 1. The lowest BCUT2D eigenvalue weighted by atomic mass is 10.3. The van der Waals surface area contributed by atoms with Crippen LogP contribution in [0.4, 0.5) is 24.0 Å². The molecule has 0 saturated carbocycles. The minimum atomic E-state index is -1.23. The van der Waals surface area contributed by atoms with E-state index in [0.717, 1.165) is 10.8 Å². The van der Waals surface area contributed by atoms with Crippen LogP contribution in [-0.4, -0.2) is 4.98 Å². The lowest BCUT2D eigenvalue weighted by Gasteiger charge is -2.04. The molecule has 0 saturated heterocycles. The molecular weight excluding hydrogens is 309 g/mol. The van der Waals surface area contributed by atoms with Crippen LogP contribution >= 0.6 is 22.9 Å². The maximum absolute atomic E-state index is 13.5. The molecule has 0 aliphatic heterocycles. The summed E-state index contributed by atoms with van der Waals surface area (Å²) in [5, 5.41) is 3.56. The van der Waals surface area contributed by atoms with E-state index in [0.29, 0.717) is 21.7 Å². The molecule has 0 spiro atoms. The van der Waals surface area contributed by atoms with Crippen molar-refractivity contribution in [2.45, 2.75) is 0 Å². The Morgan fingerprint density at radius 2 is 1.75 bits per heavy atom. The summed E-state index contributed by atoms with van der Waals surface area (Å²) >= 11 is 7.09. The summed E-state index contributed by atoms with van der Waals surface area (Å²) in [7, 11) is 0. The zero-order chi connectivity index (χ0) is 14.3. The third-order valence-electron chi connectivity index (χ3n) is 2.60. The Kier molecular flexibility index (Phi) is 3.27. The Morgan fingerprint density at radius 3 is 2.55 bits per heavy atom. The average Bonchev–Trinajstić information content (AvgIpc) is 2.77. The fourth-order valence-electron chi connectivity index (χ4n) is 1.69. The number of anilines is 2. The van der Waals surface area contributed by atoms with E-state index in [1.165, 1.54) is 11.3 Å². The number of hydrogen-bond acceptors (Lipinski definition) is 3. The molecule has 7 heteroatoms. The van der Waals surface area contributed by atoms with Crippen molar-refractivity contribution in [3.63, 3.8) is 0 Å². The van der Waals surface area contributed by atoms with Gasteiger partial charge in [0.25, 0.3) is 0 Å². The van der Waals surface area contributed by atoms with Crippen LogP contribution in [0.25, 0.3) is 10.2 Å². The van der Waals surface area contributed by atoms with E-state index < -0.39 is 17.5 Å². The van der Waals surface area contributed by atoms with Crippen LogP contribution in [0.15, 0.2) is 30.3 Å². The number of halogens is 4. The smallest absolute Gasteiger partial charge is 0.188 e. The van der Waals surface area contributed by atoms with Crippen LogP contribution in [-0.2, 0) is 0 Å². The summed E-state index contributed by atoms with van der Waals surface area (Å²) in [6.45, 7) is 0. The predicted octanol–water partition coefficient (Wildman–Crippen LogP) is 5.11. The van der Waals surface area contributed by atoms with Crippen molar-refractivity contribution in [2.24, 2.45) is 0 Å². The highest BCUT2D eigenvalue weighted by Gasteiger charge is 2.12. The van der Waals surface area contributed by atoms with Gasteiger partial charge in [-0.2, -0.15) is 0 Å². The van der Waals surface area contributed by atoms with E-state index in [1.807, 2.05) is 0 Å². The van der Waals surface area contributed by atoms with Crippen LogP contribution in [0.1, 0.15) is 0 Å². The molecule has 20 heavy (non-hydrogen) atoms. The van der Waals surface area contributed by atoms with Crippen molar-refractivity contribution >= 4 is 44.0 Å². The molecule has 0 amide bonds. The van der Waals surface area contributed by atoms with Crippen molar-refractivity contribution in [1.82, 2.24) is 4.98 Å². The van der Waals surface area contributed by atoms with Gasteiger partial charge in [0.1, 0.15) is 5.82 Å². The molecule has 3 rings (SSSR count). The number of nitrogens with zero attached hydrogens (tertiary/aromatic N) is 1. The highest BCUT2D eigenvalue weighted by molar-refractivity contribution is 7.22. The molecule has 2 aromatic carbocycles. The average molecular weight is 315 g/mol. The molecule has 0 fully saturated rings. The molecular formula is C13H6ClF3N2S. The van der Waals surface area contributed by atoms with Crippen LogP contribution in [0.2, 0.25) is 5.02 Å². The van der Waals surface area contributed by atoms with Gasteiger partial charge in [-0.15, -0.1) is 0 Å². The molecule has 1 heterocycles. The fraction of sp³-hybridized carbons (Fsp3) is 0. The Hall–Kier alpha value is -1.79. The minimum Gasteiger partial charge on any atom is -0.329 e. The lowest BCUT2D eigenvalue weighted by Crippen LogP contribution is -1.96. The topological polar surface area (TPSA) is 24.9 Å². The number of aromatic nitrogens is 1. The fourth-order valence-corrected chi connectivity index (χ4v) is 2.84. The van der Waals surface area contributed by atoms with Gasteiger partial charge in [0.05, 0.1) is 15.9 Å². The van der Waals surface area contributed by atoms with Gasteiger partial charge >= 0.3 is 0 Å². The van der Waals surface area contributed by atoms with E-state index in [1.54, 1.807) is 18.2 Å². The molecule has 1 N–H and O–H groups in total. The van der Waals surface area contributed by atoms with Gasteiger partial charge in [-0.25, -0.2) is 18.2 Å². The lowest BCUT2D eigenvalue weighted by molar-refractivity contribution is 0.496. The maximum Gasteiger partial charge on any atom is 0.188 e. The van der Waals surface area contributed by atoms with Crippen LogP contribution in [0.5, 0.6) is 0 Å². The molecule has 0 aliphatic carbocycles. The van der Waals surface area contributed by atoms with Crippen LogP contribution in [0, 0.1) is 17.5 Å². The van der Waals surface area contributed by atoms with Crippen molar-refractivity contribution in [2.75, 3.05) is 5.32 Å². The Labute approximate surface area is 120 Å². The molecule has 0 atom stereocenters. The zero-order valence-corrected chi connectivity index (χ0v) is 11.3. The van der Waals surface area contributed by atoms with Crippen molar-refractivity contribution in [1.29, 1.82) is 0 Å². The van der Waals surface area contributed by atoms with Gasteiger partial charge in [0, 0.05) is 17.2 Å². The van der Waals surface area contributed by atoms with Crippen molar-refractivity contribution in [3.8, 4) is 0 Å². The van der Waals surface area contributed by atoms with E-state index in [-0.39, 0.29) is 5.69 Å². The molecule has 0 bridgehead atoms. The molecule has 102 valence electrons.